The molecule has 0 spiro atoms. The Kier molecular flexibility index (Phi) is 12.9. The van der Waals surface area contributed by atoms with Crippen LogP contribution in [0.1, 0.15) is 59.1 Å². The molecule has 1 amide bonds. The van der Waals surface area contributed by atoms with E-state index in [2.05, 4.69) is 46.9 Å². The van der Waals surface area contributed by atoms with E-state index >= 15 is 0 Å². The van der Waals surface area contributed by atoms with Crippen LogP contribution in [0.15, 0.2) is 54.6 Å². The summed E-state index contributed by atoms with van der Waals surface area (Å²) in [6, 6.07) is 15.5. The van der Waals surface area contributed by atoms with Crippen molar-refractivity contribution in [2.45, 2.75) is 83.7 Å². The number of hydrogen-bond donors (Lipinski definition) is 2. The predicted octanol–water partition coefficient (Wildman–Crippen LogP) is 5.18. The van der Waals surface area contributed by atoms with E-state index in [4.69, 9.17) is 13.9 Å². The lowest BCUT2D eigenvalue weighted by Crippen LogP contribution is -2.50. The molecule has 0 radical (unpaired) electrons. The molecule has 0 heterocycles. The number of hydrogen-bond acceptors (Lipinski definition) is 7. The number of benzene rings is 2. The van der Waals surface area contributed by atoms with Crippen molar-refractivity contribution in [2.75, 3.05) is 13.7 Å². The number of carbonyl (C=O) groups excluding carboxylic acids is 3. The van der Waals surface area contributed by atoms with Gasteiger partial charge in [-0.2, -0.15) is 0 Å². The number of carbonyl (C=O) groups is 3. The molecule has 0 bridgehead atoms. The first-order valence-electron chi connectivity index (χ1n) is 13.9. The molecule has 0 aliphatic carbocycles. The molecular formula is C31H45NO7Si. The van der Waals surface area contributed by atoms with Crippen LogP contribution < -0.4 is 9.74 Å². The van der Waals surface area contributed by atoms with Crippen molar-refractivity contribution in [1.29, 1.82) is 0 Å². The van der Waals surface area contributed by atoms with Gasteiger partial charge in [0.05, 0.1) is 26.1 Å². The van der Waals surface area contributed by atoms with E-state index in [1.807, 2.05) is 42.5 Å². The largest absolute Gasteiger partial charge is 0.543 e. The number of rotatable bonds is 15. The summed E-state index contributed by atoms with van der Waals surface area (Å²) in [5, 5.41) is 12.3. The average molecular weight is 572 g/mol. The van der Waals surface area contributed by atoms with Crippen LogP contribution in [-0.2, 0) is 36.9 Å². The minimum Gasteiger partial charge on any atom is -0.543 e. The summed E-state index contributed by atoms with van der Waals surface area (Å²) in [7, 11) is -0.858. The molecule has 8 nitrogen and oxygen atoms in total. The molecule has 0 aliphatic rings. The van der Waals surface area contributed by atoms with Gasteiger partial charge in [-0.1, -0.05) is 84.0 Å². The van der Waals surface area contributed by atoms with E-state index in [0.29, 0.717) is 16.6 Å². The Labute approximate surface area is 239 Å². The average Bonchev–Trinajstić information content (AvgIpc) is 2.93. The van der Waals surface area contributed by atoms with Crippen LogP contribution in [0.4, 0.5) is 0 Å². The maximum absolute atomic E-state index is 13.2. The lowest BCUT2D eigenvalue weighted by molar-refractivity contribution is -0.151. The number of esters is 2. The Hall–Kier alpha value is -3.17. The number of aliphatic hydroxyl groups excluding tert-OH is 1. The zero-order valence-electron chi connectivity index (χ0n) is 24.8. The molecule has 9 heteroatoms. The van der Waals surface area contributed by atoms with E-state index in [0.717, 1.165) is 16.9 Å². The summed E-state index contributed by atoms with van der Waals surface area (Å²) in [5.41, 5.74) is 2.90. The van der Waals surface area contributed by atoms with Crippen LogP contribution >= 0.6 is 0 Å². The number of nitrogens with one attached hydrogen (secondary N) is 1. The van der Waals surface area contributed by atoms with Gasteiger partial charge in [-0.05, 0) is 46.3 Å². The molecule has 2 N–H and O–H groups in total. The Balaban J connectivity index is 2.14. The van der Waals surface area contributed by atoms with Gasteiger partial charge in [0.2, 0.25) is 5.91 Å². The van der Waals surface area contributed by atoms with Crippen molar-refractivity contribution in [3.63, 3.8) is 0 Å². The first-order valence-corrected chi connectivity index (χ1v) is 16.0. The lowest BCUT2D eigenvalue weighted by atomic mass is 9.95. The summed E-state index contributed by atoms with van der Waals surface area (Å²) in [6.07, 6.45) is 0.0570. The van der Waals surface area contributed by atoms with Crippen molar-refractivity contribution in [1.82, 2.24) is 5.32 Å². The fourth-order valence-corrected chi connectivity index (χ4v) is 10.6. The second-order valence-electron chi connectivity index (χ2n) is 11.1. The molecule has 0 fully saturated rings. The van der Waals surface area contributed by atoms with Gasteiger partial charge in [-0.25, -0.2) is 4.79 Å². The first kappa shape index (κ1) is 33.0. The number of aliphatic hydroxyl groups is 1. The maximum Gasteiger partial charge on any atom is 0.331 e. The van der Waals surface area contributed by atoms with E-state index in [-0.39, 0.29) is 19.4 Å². The third kappa shape index (κ3) is 8.92. The molecule has 0 aromatic heterocycles. The number of ether oxygens (including phenoxy) is 2. The molecule has 0 saturated heterocycles. The zero-order chi connectivity index (χ0) is 29.9. The number of methoxy groups -OCH3 is 1. The second kappa shape index (κ2) is 15.6. The van der Waals surface area contributed by atoms with Gasteiger partial charge in [-0.3, -0.25) is 9.59 Å². The Bertz CT molecular complexity index is 1060. The summed E-state index contributed by atoms with van der Waals surface area (Å²) < 4.78 is 16.8. The van der Waals surface area contributed by atoms with Crippen molar-refractivity contribution < 1.29 is 33.4 Å². The van der Waals surface area contributed by atoms with E-state index in [1.165, 1.54) is 7.11 Å². The molecule has 220 valence electrons. The normalized spacial score (nSPS) is 13.2. The molecule has 40 heavy (non-hydrogen) atoms. The third-order valence-corrected chi connectivity index (χ3v) is 13.4. The fraction of sp³-hybridized carbons (Fsp3) is 0.516. The SMILES string of the molecule is COC(=O)CC(Cc1ccc(O[Si](C(C)C)(C(C)C)C(C)C)cc1)C(=O)NC(CO)C(=O)OCc1ccccc1. The van der Waals surface area contributed by atoms with Gasteiger partial charge in [-0.15, -0.1) is 0 Å². The molecule has 2 aromatic rings. The quantitative estimate of drug-likeness (QED) is 0.224. The maximum atomic E-state index is 13.2. The summed E-state index contributed by atoms with van der Waals surface area (Å²) in [4.78, 5) is 37.8. The summed E-state index contributed by atoms with van der Waals surface area (Å²) >= 11 is 0. The summed E-state index contributed by atoms with van der Waals surface area (Å²) in [6.45, 7) is 12.8. The van der Waals surface area contributed by atoms with Crippen molar-refractivity contribution >= 4 is 26.2 Å². The topological polar surface area (TPSA) is 111 Å². The third-order valence-electron chi connectivity index (χ3n) is 7.43. The van der Waals surface area contributed by atoms with Crippen molar-refractivity contribution in [3.8, 4) is 5.75 Å². The Morgan fingerprint density at radius 2 is 1.43 bits per heavy atom. The minimum absolute atomic E-state index is 0.0145. The van der Waals surface area contributed by atoms with E-state index in [9.17, 15) is 19.5 Å². The standard InChI is InChI=1S/C31H45NO7Si/c1-21(2)40(22(3)4,23(5)6)39-27-15-13-24(14-16-27)17-26(18-29(34)37-7)30(35)32-28(19-33)31(36)38-20-25-11-9-8-10-12-25/h8-16,21-23,26,28,33H,17-20H2,1-7H3,(H,32,35). The monoisotopic (exact) mass is 571 g/mol. The van der Waals surface area contributed by atoms with Crippen LogP contribution in [0.2, 0.25) is 16.6 Å². The summed E-state index contributed by atoms with van der Waals surface area (Å²) in [5.74, 6) is -1.88. The Morgan fingerprint density at radius 3 is 1.93 bits per heavy atom. The molecule has 2 aromatic carbocycles. The van der Waals surface area contributed by atoms with Gasteiger partial charge < -0.3 is 24.3 Å². The zero-order valence-corrected chi connectivity index (χ0v) is 25.8. The molecule has 2 rings (SSSR count). The predicted molar refractivity (Wildman–Crippen MR) is 157 cm³/mol. The molecule has 0 saturated carbocycles. The van der Waals surface area contributed by atoms with Crippen LogP contribution in [0.3, 0.4) is 0 Å². The highest BCUT2D eigenvalue weighted by molar-refractivity contribution is 6.78. The highest BCUT2D eigenvalue weighted by Gasteiger charge is 2.47. The van der Waals surface area contributed by atoms with Gasteiger partial charge >= 0.3 is 11.9 Å². The lowest BCUT2D eigenvalue weighted by Gasteiger charge is -2.42. The van der Waals surface area contributed by atoms with Crippen molar-refractivity contribution in [2.24, 2.45) is 5.92 Å². The van der Waals surface area contributed by atoms with Crippen LogP contribution in [0.5, 0.6) is 5.75 Å². The first-order chi connectivity index (χ1) is 18.9. The van der Waals surface area contributed by atoms with Crippen LogP contribution in [0, 0.1) is 5.92 Å². The smallest absolute Gasteiger partial charge is 0.331 e. The van der Waals surface area contributed by atoms with E-state index < -0.39 is 44.7 Å². The van der Waals surface area contributed by atoms with Gasteiger partial charge in [0.1, 0.15) is 12.4 Å². The van der Waals surface area contributed by atoms with Crippen LogP contribution in [0.25, 0.3) is 0 Å². The van der Waals surface area contributed by atoms with Gasteiger partial charge in [0.25, 0.3) is 8.32 Å². The second-order valence-corrected chi connectivity index (χ2v) is 16.5. The van der Waals surface area contributed by atoms with Crippen molar-refractivity contribution in [3.05, 3.63) is 65.7 Å². The van der Waals surface area contributed by atoms with Gasteiger partial charge in [0, 0.05) is 0 Å². The number of amides is 1. The van der Waals surface area contributed by atoms with Crippen LogP contribution in [-0.4, -0.2) is 51.0 Å². The molecule has 2 atom stereocenters. The highest BCUT2D eigenvalue weighted by atomic mass is 28.4. The molecule has 2 unspecified atom stereocenters. The highest BCUT2D eigenvalue weighted by Crippen LogP contribution is 2.42. The molecular weight excluding hydrogens is 526 g/mol. The minimum atomic E-state index is -2.12. The van der Waals surface area contributed by atoms with Gasteiger partial charge in [0.15, 0.2) is 6.04 Å². The van der Waals surface area contributed by atoms with E-state index in [1.54, 1.807) is 12.1 Å². The Morgan fingerprint density at radius 1 is 0.850 bits per heavy atom. The fourth-order valence-electron chi connectivity index (χ4n) is 5.38. The molecule has 0 aliphatic heterocycles.